The zero-order valence-corrected chi connectivity index (χ0v) is 26.4. The number of halogens is 2. The minimum Gasteiger partial charge on any atom is -0.340 e. The molecule has 46 heavy (non-hydrogen) atoms. The quantitative estimate of drug-likeness (QED) is 0.264. The molecule has 2 amide bonds. The number of hydrogen-bond acceptors (Lipinski definition) is 7. The number of carbonyl (C=O) groups is 2. The Morgan fingerprint density at radius 2 is 1.93 bits per heavy atom. The van der Waals surface area contributed by atoms with Crippen LogP contribution in [0.4, 0.5) is 15.9 Å². The number of fused-ring (bicyclic) bond motifs is 3. The molecule has 11 nitrogen and oxygen atoms in total. The van der Waals surface area contributed by atoms with E-state index in [1.807, 2.05) is 39.8 Å². The molecule has 0 aliphatic carbocycles. The molecule has 0 radical (unpaired) electrons. The van der Waals surface area contributed by atoms with Gasteiger partial charge in [0, 0.05) is 35.8 Å². The average Bonchev–Trinajstić information content (AvgIpc) is 3.47. The number of nitrogens with zero attached hydrogens (tertiary/aromatic N) is 6. The first-order chi connectivity index (χ1) is 22.0. The number of anilines is 2. The highest BCUT2D eigenvalue weighted by atomic mass is 35.5. The van der Waals surface area contributed by atoms with E-state index in [4.69, 9.17) is 11.6 Å². The van der Waals surface area contributed by atoms with Crippen LogP contribution in [0.1, 0.15) is 36.6 Å². The molecule has 1 atom stereocenters. The van der Waals surface area contributed by atoms with Gasteiger partial charge < -0.3 is 15.1 Å². The molecular weight excluding hydrogens is 611 g/mol. The van der Waals surface area contributed by atoms with Gasteiger partial charge in [-0.25, -0.2) is 9.18 Å². The largest absolute Gasteiger partial charge is 0.354 e. The molecule has 0 spiro atoms. The third-order valence-electron chi connectivity index (χ3n) is 8.89. The van der Waals surface area contributed by atoms with Crippen LogP contribution in [0.15, 0.2) is 48.0 Å². The van der Waals surface area contributed by atoms with Crippen LogP contribution in [-0.2, 0) is 9.59 Å². The minimum atomic E-state index is -0.956. The average molecular weight is 641 g/mol. The molecule has 3 aromatic heterocycles. The van der Waals surface area contributed by atoms with Gasteiger partial charge in [-0.05, 0) is 49.1 Å². The Labute approximate surface area is 267 Å². The van der Waals surface area contributed by atoms with Gasteiger partial charge in [-0.15, -0.1) is 0 Å². The van der Waals surface area contributed by atoms with Crippen molar-refractivity contribution in [3.63, 3.8) is 0 Å². The van der Waals surface area contributed by atoms with E-state index in [0.29, 0.717) is 33.4 Å². The minimum absolute atomic E-state index is 0.00815. The van der Waals surface area contributed by atoms with Crippen LogP contribution in [0.3, 0.4) is 0 Å². The predicted octanol–water partition coefficient (Wildman–Crippen LogP) is 5.01. The lowest BCUT2D eigenvalue weighted by Gasteiger charge is -2.40. The predicted molar refractivity (Wildman–Crippen MR) is 175 cm³/mol. The Hall–Kier alpha value is -5.10. The monoisotopic (exact) mass is 640 g/mol. The van der Waals surface area contributed by atoms with E-state index in [-0.39, 0.29) is 64.5 Å². The van der Waals surface area contributed by atoms with Crippen LogP contribution >= 0.6 is 11.6 Å². The molecule has 0 bridgehead atoms. The normalized spacial score (nSPS) is 16.2. The zero-order chi connectivity index (χ0) is 32.6. The molecule has 2 N–H and O–H groups in total. The Morgan fingerprint density at radius 1 is 1.15 bits per heavy atom. The van der Waals surface area contributed by atoms with E-state index in [2.05, 4.69) is 32.1 Å². The van der Waals surface area contributed by atoms with E-state index < -0.39 is 23.5 Å². The van der Waals surface area contributed by atoms with Crippen molar-refractivity contribution in [3.8, 4) is 16.8 Å². The van der Waals surface area contributed by atoms with Gasteiger partial charge >= 0.3 is 5.69 Å². The Balaban J connectivity index is 1.65. The summed E-state index contributed by atoms with van der Waals surface area (Å²) in [5, 5.41) is 10.7. The fourth-order valence-corrected chi connectivity index (χ4v) is 7.05. The number of H-pyrrole nitrogens is 1. The topological polar surface area (TPSA) is 129 Å². The molecule has 2 aliphatic heterocycles. The van der Waals surface area contributed by atoms with Crippen molar-refractivity contribution in [2.24, 2.45) is 0 Å². The Kier molecular flexibility index (Phi) is 6.93. The molecule has 0 saturated carbocycles. The van der Waals surface area contributed by atoms with Crippen LogP contribution in [0.25, 0.3) is 38.6 Å². The molecule has 5 aromatic rings. The molecule has 1 unspecified atom stereocenters. The number of piperazine rings is 1. The maximum atomic E-state index is 17.2. The van der Waals surface area contributed by atoms with Gasteiger partial charge in [0.05, 0.1) is 51.3 Å². The van der Waals surface area contributed by atoms with E-state index in [1.54, 1.807) is 23.4 Å². The number of rotatable bonds is 4. The lowest BCUT2D eigenvalue weighted by Crippen LogP contribution is -2.58. The van der Waals surface area contributed by atoms with Gasteiger partial charge in [-0.2, -0.15) is 10.1 Å². The van der Waals surface area contributed by atoms with Crippen LogP contribution in [-0.4, -0.2) is 67.1 Å². The molecule has 1 fully saturated rings. The van der Waals surface area contributed by atoms with Gasteiger partial charge in [-0.3, -0.25) is 24.2 Å². The van der Waals surface area contributed by atoms with Gasteiger partial charge in [0.15, 0.2) is 5.82 Å². The summed E-state index contributed by atoms with van der Waals surface area (Å²) < 4.78 is 18.6. The highest BCUT2D eigenvalue weighted by Crippen LogP contribution is 2.48. The van der Waals surface area contributed by atoms with Crippen molar-refractivity contribution in [2.45, 2.75) is 39.7 Å². The van der Waals surface area contributed by atoms with Crippen molar-refractivity contribution >= 4 is 56.7 Å². The van der Waals surface area contributed by atoms with Gasteiger partial charge in [0.2, 0.25) is 11.8 Å². The molecule has 234 valence electrons. The molecule has 2 aliphatic rings. The van der Waals surface area contributed by atoms with Crippen molar-refractivity contribution in [2.75, 3.05) is 29.9 Å². The fourth-order valence-electron chi connectivity index (χ4n) is 6.69. The smallest absolute Gasteiger partial charge is 0.340 e. The van der Waals surface area contributed by atoms with E-state index in [0.717, 1.165) is 5.56 Å². The van der Waals surface area contributed by atoms with Crippen LogP contribution in [0.2, 0.25) is 5.02 Å². The molecule has 13 heteroatoms. The van der Waals surface area contributed by atoms with Crippen molar-refractivity contribution < 1.29 is 14.0 Å². The molecule has 1 saturated heterocycles. The number of aryl methyl sites for hydroxylation is 2. The lowest BCUT2D eigenvalue weighted by molar-refractivity contribution is -0.128. The molecule has 2 aromatic carbocycles. The van der Waals surface area contributed by atoms with E-state index in [1.165, 1.54) is 15.5 Å². The van der Waals surface area contributed by atoms with Crippen molar-refractivity contribution in [3.05, 3.63) is 81.4 Å². The molecule has 7 rings (SSSR count). The Bertz CT molecular complexity index is 2210. The third-order valence-corrected chi connectivity index (χ3v) is 9.26. The SMILES string of the molecule is C=CC(=O)N1CCN2c3nc(=O)n(-c4c(C)ccnc4C(C)C)c4c(Cl)c(-c5c(C)ccc6[nH]ncc56)c(F)c(c34)NC(=O)C2C1. The highest BCUT2D eigenvalue weighted by Gasteiger charge is 2.41. The second-order valence-electron chi connectivity index (χ2n) is 11.9. The van der Waals surface area contributed by atoms with E-state index >= 15 is 4.39 Å². The number of pyridine rings is 1. The molecule has 5 heterocycles. The number of carbonyl (C=O) groups excluding carboxylic acids is 2. The number of aromatic nitrogens is 5. The van der Waals surface area contributed by atoms with Crippen LogP contribution < -0.4 is 15.9 Å². The highest BCUT2D eigenvalue weighted by molar-refractivity contribution is 6.40. The summed E-state index contributed by atoms with van der Waals surface area (Å²) in [5.74, 6) is -1.64. The van der Waals surface area contributed by atoms with Gasteiger partial charge in [0.1, 0.15) is 11.9 Å². The van der Waals surface area contributed by atoms with E-state index in [9.17, 15) is 14.4 Å². The van der Waals surface area contributed by atoms with Crippen molar-refractivity contribution in [1.29, 1.82) is 0 Å². The second-order valence-corrected chi connectivity index (χ2v) is 12.3. The first-order valence-electron chi connectivity index (χ1n) is 14.9. The number of aromatic amines is 1. The van der Waals surface area contributed by atoms with Gasteiger partial charge in [-0.1, -0.05) is 38.1 Å². The van der Waals surface area contributed by atoms with Crippen LogP contribution in [0.5, 0.6) is 0 Å². The lowest BCUT2D eigenvalue weighted by atomic mass is 9.94. The summed E-state index contributed by atoms with van der Waals surface area (Å²) in [6, 6.07) is 4.49. The summed E-state index contributed by atoms with van der Waals surface area (Å²) in [4.78, 5) is 53.1. The standard InChI is InChI=1S/C33H30ClFN8O3/c1-6-21(44)41-11-12-42-20(14-41)32(45)38-28-24-30(25(34)23(26(28)35)22-16(4)7-8-19-18(22)13-37-40-19)43(33(46)39-31(24)42)29-17(5)9-10-36-27(29)15(2)3/h6-10,13,15,20H,1,11-12,14H2,2-5H3,(H,37,40)(H,38,45). The number of benzene rings is 2. The first-order valence-corrected chi connectivity index (χ1v) is 15.3. The second kappa shape index (κ2) is 10.8. The first kappa shape index (κ1) is 29.6. The summed E-state index contributed by atoms with van der Waals surface area (Å²) >= 11 is 7.33. The number of hydrogen-bond donors (Lipinski definition) is 2. The maximum Gasteiger partial charge on any atom is 0.354 e. The summed E-state index contributed by atoms with van der Waals surface area (Å²) in [6.07, 6.45) is 4.45. The van der Waals surface area contributed by atoms with Crippen LogP contribution in [0, 0.1) is 19.7 Å². The van der Waals surface area contributed by atoms with Gasteiger partial charge in [0.25, 0.3) is 0 Å². The number of nitrogens with one attached hydrogen (secondary N) is 2. The number of amides is 2. The Morgan fingerprint density at radius 3 is 2.67 bits per heavy atom. The fraction of sp³-hybridized carbons (Fsp3) is 0.273. The van der Waals surface area contributed by atoms with Crippen molar-refractivity contribution in [1.82, 2.24) is 29.6 Å². The summed E-state index contributed by atoms with van der Waals surface area (Å²) in [7, 11) is 0. The summed E-state index contributed by atoms with van der Waals surface area (Å²) in [5.41, 5.74) is 3.07. The molecular formula is C33H30ClFN8O3. The zero-order valence-electron chi connectivity index (χ0n) is 25.6. The maximum absolute atomic E-state index is 17.2. The third kappa shape index (κ3) is 4.23. The summed E-state index contributed by atoms with van der Waals surface area (Å²) in [6.45, 7) is 11.6.